The molecule has 160 valence electrons. The summed E-state index contributed by atoms with van der Waals surface area (Å²) in [5.74, 6) is 0.247. The smallest absolute Gasteiger partial charge is 0.229 e. The van der Waals surface area contributed by atoms with Crippen LogP contribution < -0.4 is 0 Å². The normalized spacial score (nSPS) is 24.3. The predicted octanol–water partition coefficient (Wildman–Crippen LogP) is 7.22. The van der Waals surface area contributed by atoms with Crippen LogP contribution in [0.1, 0.15) is 69.7 Å². The number of hydrogen-bond donors (Lipinski definition) is 0. The van der Waals surface area contributed by atoms with E-state index in [1.54, 1.807) is 6.20 Å². The van der Waals surface area contributed by atoms with E-state index in [2.05, 4.69) is 43.3 Å². The minimum atomic E-state index is -0.514. The van der Waals surface area contributed by atoms with Gasteiger partial charge in [0.25, 0.3) is 0 Å². The summed E-state index contributed by atoms with van der Waals surface area (Å²) in [5, 5.41) is 1.29. The molecule has 3 nitrogen and oxygen atoms in total. The Morgan fingerprint density at radius 2 is 1.97 bits per heavy atom. The van der Waals surface area contributed by atoms with Crippen LogP contribution in [-0.4, -0.2) is 21.8 Å². The summed E-state index contributed by atoms with van der Waals surface area (Å²) in [5.41, 5.74) is 1.48. The maximum absolute atomic E-state index is 13.9. The third-order valence-electron chi connectivity index (χ3n) is 6.36. The SMILES string of the molecule is C=CC[C@]1(C)C[C@H](c2cccc(Cl)c2)[C@@H](c2ccc(Cl)cn2)N(C(CC)CC)C1=O. The van der Waals surface area contributed by atoms with Gasteiger partial charge in [-0.1, -0.05) is 62.2 Å². The number of likely N-dealkylation sites (tertiary alicyclic amines) is 1. The van der Waals surface area contributed by atoms with E-state index >= 15 is 0 Å². The molecule has 0 bridgehead atoms. The van der Waals surface area contributed by atoms with Crippen molar-refractivity contribution in [2.75, 3.05) is 0 Å². The van der Waals surface area contributed by atoms with Crippen LogP contribution in [0.2, 0.25) is 10.0 Å². The average molecular weight is 445 g/mol. The molecule has 30 heavy (non-hydrogen) atoms. The van der Waals surface area contributed by atoms with Crippen molar-refractivity contribution in [3.8, 4) is 0 Å². The number of halogens is 2. The Hall–Kier alpha value is -1.84. The van der Waals surface area contributed by atoms with Crippen molar-refractivity contribution < 1.29 is 4.79 Å². The Morgan fingerprint density at radius 3 is 2.53 bits per heavy atom. The molecule has 2 aromatic rings. The van der Waals surface area contributed by atoms with Crippen LogP contribution in [0.15, 0.2) is 55.3 Å². The highest BCUT2D eigenvalue weighted by molar-refractivity contribution is 6.30. The largest absolute Gasteiger partial charge is 0.330 e. The van der Waals surface area contributed by atoms with Crippen LogP contribution in [0.4, 0.5) is 0 Å². The zero-order valence-corrected chi connectivity index (χ0v) is 19.5. The minimum absolute atomic E-state index is 0.0700. The van der Waals surface area contributed by atoms with E-state index in [1.807, 2.05) is 36.4 Å². The van der Waals surface area contributed by atoms with Crippen molar-refractivity contribution in [1.82, 2.24) is 9.88 Å². The third kappa shape index (κ3) is 4.43. The first-order chi connectivity index (χ1) is 14.3. The zero-order valence-electron chi connectivity index (χ0n) is 17.9. The summed E-state index contributed by atoms with van der Waals surface area (Å²) < 4.78 is 0. The number of aromatic nitrogens is 1. The molecule has 5 heteroatoms. The van der Waals surface area contributed by atoms with E-state index in [1.165, 1.54) is 0 Å². The molecule has 0 saturated carbocycles. The first-order valence-corrected chi connectivity index (χ1v) is 11.4. The highest BCUT2D eigenvalue weighted by Crippen LogP contribution is 2.52. The molecule has 1 saturated heterocycles. The molecule has 1 aliphatic rings. The Morgan fingerprint density at radius 1 is 1.23 bits per heavy atom. The van der Waals surface area contributed by atoms with Crippen LogP contribution in [0.25, 0.3) is 0 Å². The number of rotatable bonds is 7. The molecule has 1 aliphatic heterocycles. The predicted molar refractivity (Wildman–Crippen MR) is 125 cm³/mol. The number of piperidine rings is 1. The Labute approximate surface area is 190 Å². The van der Waals surface area contributed by atoms with Crippen LogP contribution in [-0.2, 0) is 4.79 Å². The molecule has 3 rings (SSSR count). The van der Waals surface area contributed by atoms with Gasteiger partial charge in [0.2, 0.25) is 5.91 Å². The van der Waals surface area contributed by atoms with Crippen molar-refractivity contribution in [3.05, 3.63) is 76.6 Å². The molecule has 1 fully saturated rings. The molecule has 0 radical (unpaired) electrons. The van der Waals surface area contributed by atoms with Gasteiger partial charge in [0.05, 0.1) is 22.2 Å². The first kappa shape index (κ1) is 22.8. The maximum atomic E-state index is 13.9. The monoisotopic (exact) mass is 444 g/mol. The van der Waals surface area contributed by atoms with E-state index in [-0.39, 0.29) is 23.9 Å². The lowest BCUT2D eigenvalue weighted by Crippen LogP contribution is -2.55. The van der Waals surface area contributed by atoms with Crippen molar-refractivity contribution in [2.24, 2.45) is 5.41 Å². The van der Waals surface area contributed by atoms with Gasteiger partial charge >= 0.3 is 0 Å². The van der Waals surface area contributed by atoms with Crippen molar-refractivity contribution in [3.63, 3.8) is 0 Å². The zero-order chi connectivity index (χ0) is 21.9. The second kappa shape index (κ2) is 9.53. The molecule has 2 heterocycles. The van der Waals surface area contributed by atoms with Crippen molar-refractivity contribution >= 4 is 29.1 Å². The van der Waals surface area contributed by atoms with E-state index in [4.69, 9.17) is 23.2 Å². The van der Waals surface area contributed by atoms with Crippen molar-refractivity contribution in [1.29, 1.82) is 0 Å². The fourth-order valence-electron chi connectivity index (χ4n) is 4.83. The summed E-state index contributed by atoms with van der Waals surface area (Å²) in [4.78, 5) is 20.6. The first-order valence-electron chi connectivity index (χ1n) is 10.6. The van der Waals surface area contributed by atoms with E-state index in [9.17, 15) is 4.79 Å². The number of amides is 1. The van der Waals surface area contributed by atoms with Crippen LogP contribution in [0, 0.1) is 5.41 Å². The number of hydrogen-bond acceptors (Lipinski definition) is 2. The lowest BCUT2D eigenvalue weighted by Gasteiger charge is -2.51. The summed E-state index contributed by atoms with van der Waals surface area (Å²) in [6, 6.07) is 11.7. The number of nitrogens with zero attached hydrogens (tertiary/aromatic N) is 2. The number of pyridine rings is 1. The second-order valence-corrected chi connectivity index (χ2v) is 9.32. The molecule has 1 aromatic carbocycles. The molecular weight excluding hydrogens is 415 g/mol. The molecule has 0 aliphatic carbocycles. The number of benzene rings is 1. The fraction of sp³-hybridized carbons (Fsp3) is 0.440. The molecule has 1 aromatic heterocycles. The topological polar surface area (TPSA) is 33.2 Å². The summed E-state index contributed by atoms with van der Waals surface area (Å²) in [6.45, 7) is 10.3. The Balaban J connectivity index is 2.22. The molecule has 3 atom stereocenters. The standard InChI is InChI=1S/C25H30Cl2N2O/c1-5-13-25(4)15-21(17-9-8-10-18(26)14-17)23(22-12-11-19(27)16-28-22)29(24(25)30)20(6-2)7-3/h5,8-12,14,16,20-21,23H,1,6-7,13,15H2,2-4H3/t21-,23+,25-/m1/s1. The Bertz CT molecular complexity index is 894. The van der Waals surface area contributed by atoms with E-state index in [0.717, 1.165) is 24.1 Å². The van der Waals surface area contributed by atoms with Crippen LogP contribution in [0.5, 0.6) is 0 Å². The lowest BCUT2D eigenvalue weighted by molar-refractivity contribution is -0.154. The highest BCUT2D eigenvalue weighted by atomic mass is 35.5. The molecule has 0 unspecified atom stereocenters. The third-order valence-corrected chi connectivity index (χ3v) is 6.82. The van der Waals surface area contributed by atoms with Gasteiger partial charge in [0.15, 0.2) is 0 Å². The minimum Gasteiger partial charge on any atom is -0.330 e. The Kier molecular flexibility index (Phi) is 7.26. The highest BCUT2D eigenvalue weighted by Gasteiger charge is 2.51. The summed E-state index contributed by atoms with van der Waals surface area (Å²) >= 11 is 12.5. The molecular formula is C25H30Cl2N2O. The quantitative estimate of drug-likeness (QED) is 0.422. The molecule has 0 N–H and O–H groups in total. The van der Waals surface area contributed by atoms with Crippen LogP contribution in [0.3, 0.4) is 0 Å². The number of carbonyl (C=O) groups is 1. The second-order valence-electron chi connectivity index (χ2n) is 8.45. The van der Waals surface area contributed by atoms with Gasteiger partial charge in [0.1, 0.15) is 0 Å². The lowest BCUT2D eigenvalue weighted by atomic mass is 9.67. The summed E-state index contributed by atoms with van der Waals surface area (Å²) in [7, 11) is 0. The van der Waals surface area contributed by atoms with Gasteiger partial charge in [0, 0.05) is 23.2 Å². The maximum Gasteiger partial charge on any atom is 0.229 e. The van der Waals surface area contributed by atoms with Gasteiger partial charge in [-0.15, -0.1) is 6.58 Å². The average Bonchev–Trinajstić information content (AvgIpc) is 2.73. The van der Waals surface area contributed by atoms with E-state index < -0.39 is 5.41 Å². The number of carbonyl (C=O) groups excluding carboxylic acids is 1. The molecule has 0 spiro atoms. The van der Waals surface area contributed by atoms with Gasteiger partial charge in [-0.2, -0.15) is 0 Å². The van der Waals surface area contributed by atoms with Gasteiger partial charge < -0.3 is 4.90 Å². The van der Waals surface area contributed by atoms with Crippen molar-refractivity contribution in [2.45, 2.75) is 64.5 Å². The van der Waals surface area contributed by atoms with E-state index in [0.29, 0.717) is 22.9 Å². The number of allylic oxidation sites excluding steroid dienone is 1. The van der Waals surface area contributed by atoms with Gasteiger partial charge in [-0.25, -0.2) is 0 Å². The van der Waals surface area contributed by atoms with Gasteiger partial charge in [-0.05, 0) is 55.5 Å². The molecule has 1 amide bonds. The van der Waals surface area contributed by atoms with Gasteiger partial charge in [-0.3, -0.25) is 9.78 Å². The fourth-order valence-corrected chi connectivity index (χ4v) is 5.14. The summed E-state index contributed by atoms with van der Waals surface area (Å²) in [6.07, 6.45) is 6.65. The van der Waals surface area contributed by atoms with Crippen LogP contribution >= 0.6 is 23.2 Å².